The Hall–Kier alpha value is -1.33. The Morgan fingerprint density at radius 2 is 2.50 bits per heavy atom. The van der Waals surface area contributed by atoms with Gasteiger partial charge >= 0.3 is 5.97 Å². The number of carboxylic acids is 1. The second kappa shape index (κ2) is 4.78. The second-order valence-electron chi connectivity index (χ2n) is 3.34. The highest BCUT2D eigenvalue weighted by Crippen LogP contribution is 2.19. The van der Waals surface area contributed by atoms with Gasteiger partial charge in [-0.25, -0.2) is 0 Å². The van der Waals surface area contributed by atoms with Crippen LogP contribution in [0.1, 0.15) is 12.8 Å². The highest BCUT2D eigenvalue weighted by Gasteiger charge is 2.17. The molecule has 6 N–H and O–H groups in total. The van der Waals surface area contributed by atoms with Crippen LogP contribution in [0.5, 0.6) is 0 Å². The van der Waals surface area contributed by atoms with Crippen molar-refractivity contribution in [1.29, 1.82) is 0 Å². The minimum Gasteiger partial charge on any atom is -0.480 e. The molecule has 2 atom stereocenters. The van der Waals surface area contributed by atoms with Gasteiger partial charge in [0, 0.05) is 5.70 Å². The number of carboxylic acid groups (broad SMARTS) is 1. The van der Waals surface area contributed by atoms with Crippen molar-refractivity contribution in [3.63, 3.8) is 0 Å². The molecule has 0 aromatic carbocycles. The first-order valence-corrected chi connectivity index (χ1v) is 4.47. The lowest BCUT2D eigenvalue weighted by Gasteiger charge is -2.17. The average molecular weight is 197 g/mol. The van der Waals surface area contributed by atoms with Crippen LogP contribution in [0.25, 0.3) is 0 Å². The fourth-order valence-electron chi connectivity index (χ4n) is 1.37. The number of hydrogen-bond acceptors (Lipinski definition) is 4. The number of nitrogens with two attached hydrogens (primary N) is 2. The molecule has 78 valence electrons. The molecule has 0 aliphatic heterocycles. The van der Waals surface area contributed by atoms with Crippen LogP contribution in [-0.4, -0.2) is 17.1 Å². The Morgan fingerprint density at radius 3 is 2.93 bits per heavy atom. The molecule has 0 bridgehead atoms. The molecule has 1 unspecified atom stereocenters. The van der Waals surface area contributed by atoms with Gasteiger partial charge in [-0.2, -0.15) is 0 Å². The molecule has 0 aromatic heterocycles. The number of hydrogen-bond donors (Lipinski definition) is 4. The second-order valence-corrected chi connectivity index (χ2v) is 3.34. The maximum atomic E-state index is 10.5. The summed E-state index contributed by atoms with van der Waals surface area (Å²) in [6.07, 6.45) is 6.93. The summed E-state index contributed by atoms with van der Waals surface area (Å²) in [4.78, 5) is 10.5. The van der Waals surface area contributed by atoms with Gasteiger partial charge in [0.15, 0.2) is 0 Å². The van der Waals surface area contributed by atoms with Gasteiger partial charge < -0.3 is 16.3 Å². The van der Waals surface area contributed by atoms with E-state index < -0.39 is 12.0 Å². The topological polar surface area (TPSA) is 101 Å². The smallest absolute Gasteiger partial charge is 0.320 e. The molecule has 5 nitrogen and oxygen atoms in total. The Balaban J connectivity index is 2.41. The predicted molar refractivity (Wildman–Crippen MR) is 52.9 cm³/mol. The molecule has 1 aliphatic rings. The third-order valence-corrected chi connectivity index (χ3v) is 2.23. The molecule has 1 aliphatic carbocycles. The number of aliphatic carboxylic acids is 1. The molecule has 0 spiro atoms. The molecule has 0 amide bonds. The van der Waals surface area contributed by atoms with Crippen molar-refractivity contribution in [2.24, 2.45) is 17.5 Å². The van der Waals surface area contributed by atoms with Crippen molar-refractivity contribution < 1.29 is 9.90 Å². The molecule has 0 saturated carbocycles. The van der Waals surface area contributed by atoms with E-state index in [1.54, 1.807) is 0 Å². The lowest BCUT2D eigenvalue weighted by atomic mass is 9.93. The molecule has 0 radical (unpaired) electrons. The van der Waals surface area contributed by atoms with Gasteiger partial charge in [0.05, 0.1) is 0 Å². The predicted octanol–water partition coefficient (Wildman–Crippen LogP) is -0.288. The van der Waals surface area contributed by atoms with Crippen molar-refractivity contribution in [2.75, 3.05) is 0 Å². The first-order chi connectivity index (χ1) is 6.63. The van der Waals surface area contributed by atoms with Crippen LogP contribution in [-0.2, 0) is 4.79 Å². The maximum Gasteiger partial charge on any atom is 0.320 e. The summed E-state index contributed by atoms with van der Waals surface area (Å²) in [6, 6.07) is -0.787. The van der Waals surface area contributed by atoms with Gasteiger partial charge in [-0.1, -0.05) is 12.2 Å². The largest absolute Gasteiger partial charge is 0.480 e. The maximum absolute atomic E-state index is 10.5. The number of nitrogens with one attached hydrogen (secondary N) is 1. The summed E-state index contributed by atoms with van der Waals surface area (Å²) in [7, 11) is 0. The van der Waals surface area contributed by atoms with Crippen molar-refractivity contribution >= 4 is 5.97 Å². The molecule has 1 rings (SSSR count). The van der Waals surface area contributed by atoms with Gasteiger partial charge in [-0.05, 0) is 24.8 Å². The van der Waals surface area contributed by atoms with Crippen LogP contribution in [0.3, 0.4) is 0 Å². The third-order valence-electron chi connectivity index (χ3n) is 2.23. The average Bonchev–Trinajstić information content (AvgIpc) is 2.19. The number of rotatable bonds is 4. The van der Waals surface area contributed by atoms with Gasteiger partial charge in [0.2, 0.25) is 0 Å². The lowest BCUT2D eigenvalue weighted by molar-refractivity contribution is -0.138. The first-order valence-electron chi connectivity index (χ1n) is 4.47. The van der Waals surface area contributed by atoms with Crippen LogP contribution < -0.4 is 17.0 Å². The Labute approximate surface area is 82.4 Å². The van der Waals surface area contributed by atoms with E-state index in [2.05, 4.69) is 5.43 Å². The first kappa shape index (κ1) is 10.7. The molecule has 0 fully saturated rings. The number of hydrazine groups is 1. The third kappa shape index (κ3) is 2.86. The van der Waals surface area contributed by atoms with Crippen LogP contribution >= 0.6 is 0 Å². The van der Waals surface area contributed by atoms with Crippen LogP contribution in [0.4, 0.5) is 0 Å². The van der Waals surface area contributed by atoms with Crippen LogP contribution in [0.2, 0.25) is 0 Å². The van der Waals surface area contributed by atoms with Gasteiger partial charge in [0.1, 0.15) is 6.04 Å². The molecule has 14 heavy (non-hydrogen) atoms. The van der Waals surface area contributed by atoms with E-state index in [-0.39, 0.29) is 5.92 Å². The van der Waals surface area contributed by atoms with Crippen molar-refractivity contribution in [1.82, 2.24) is 5.43 Å². The zero-order chi connectivity index (χ0) is 10.6. The summed E-state index contributed by atoms with van der Waals surface area (Å²) in [5.41, 5.74) is 8.80. The molecule has 0 heterocycles. The normalized spacial score (nSPS) is 22.7. The van der Waals surface area contributed by atoms with E-state index >= 15 is 0 Å². The van der Waals surface area contributed by atoms with Crippen molar-refractivity contribution in [3.8, 4) is 0 Å². The quantitative estimate of drug-likeness (QED) is 0.366. The summed E-state index contributed by atoms with van der Waals surface area (Å²) < 4.78 is 0. The summed E-state index contributed by atoms with van der Waals surface area (Å²) in [5.74, 6) is 4.45. The molecular weight excluding hydrogens is 182 g/mol. The summed E-state index contributed by atoms with van der Waals surface area (Å²) >= 11 is 0. The Kier molecular flexibility index (Phi) is 3.67. The fraction of sp³-hybridized carbons (Fsp3) is 0.444. The van der Waals surface area contributed by atoms with E-state index in [1.165, 1.54) is 0 Å². The summed E-state index contributed by atoms with van der Waals surface area (Å²) in [6.45, 7) is 0. The number of allylic oxidation sites excluding steroid dienone is 3. The molecule has 0 saturated heterocycles. The lowest BCUT2D eigenvalue weighted by Crippen LogP contribution is -2.32. The zero-order valence-electron chi connectivity index (χ0n) is 7.81. The Morgan fingerprint density at radius 1 is 1.79 bits per heavy atom. The van der Waals surface area contributed by atoms with Gasteiger partial charge in [-0.15, -0.1) is 0 Å². The van der Waals surface area contributed by atoms with E-state index in [0.717, 1.165) is 12.1 Å². The SMILES string of the molecule is NNC1=CCC(C[C@H](N)C(=O)O)C=C1. The molecular formula is C9H15N3O2. The molecule has 5 heteroatoms. The highest BCUT2D eigenvalue weighted by atomic mass is 16.4. The highest BCUT2D eigenvalue weighted by molar-refractivity contribution is 5.73. The van der Waals surface area contributed by atoms with E-state index in [9.17, 15) is 4.79 Å². The van der Waals surface area contributed by atoms with E-state index in [0.29, 0.717) is 6.42 Å². The minimum absolute atomic E-state index is 0.193. The van der Waals surface area contributed by atoms with Gasteiger partial charge in [-0.3, -0.25) is 10.6 Å². The van der Waals surface area contributed by atoms with Gasteiger partial charge in [0.25, 0.3) is 0 Å². The standard InChI is InChI=1S/C9H15N3O2/c10-8(9(13)14)5-6-1-3-7(12-11)4-2-6/h1,3-4,6,8,12H,2,5,10-11H2,(H,13,14)/t6?,8-/m0/s1. The Bertz CT molecular complexity index is 273. The van der Waals surface area contributed by atoms with Crippen molar-refractivity contribution in [2.45, 2.75) is 18.9 Å². The zero-order valence-corrected chi connectivity index (χ0v) is 7.81. The monoisotopic (exact) mass is 197 g/mol. The van der Waals surface area contributed by atoms with E-state index in [4.69, 9.17) is 16.7 Å². The minimum atomic E-state index is -0.954. The number of carbonyl (C=O) groups is 1. The van der Waals surface area contributed by atoms with E-state index in [1.807, 2.05) is 18.2 Å². The van der Waals surface area contributed by atoms with Crippen molar-refractivity contribution in [3.05, 3.63) is 23.9 Å². The molecule has 0 aromatic rings. The fourth-order valence-corrected chi connectivity index (χ4v) is 1.37. The van der Waals surface area contributed by atoms with Crippen LogP contribution in [0, 0.1) is 5.92 Å². The summed E-state index contributed by atoms with van der Waals surface area (Å²) in [5, 5.41) is 8.61. The van der Waals surface area contributed by atoms with Crippen LogP contribution in [0.15, 0.2) is 23.9 Å².